The molecule has 0 heterocycles. The summed E-state index contributed by atoms with van der Waals surface area (Å²) >= 11 is 5.47. The van der Waals surface area contributed by atoms with Crippen molar-refractivity contribution in [1.82, 2.24) is 5.32 Å². The highest BCUT2D eigenvalue weighted by Crippen LogP contribution is 2.38. The Morgan fingerprint density at radius 1 is 1.00 bits per heavy atom. The van der Waals surface area contributed by atoms with Crippen molar-refractivity contribution in [2.45, 2.75) is 92.2 Å². The van der Waals surface area contributed by atoms with Gasteiger partial charge in [-0.3, -0.25) is 4.79 Å². The molecule has 2 fully saturated rings. The molecule has 0 radical (unpaired) electrons. The molecule has 2 aliphatic carbocycles. The largest absolute Gasteiger partial charge is 0.352 e. The molecule has 2 saturated carbocycles. The number of rotatable bonds is 2. The smallest absolute Gasteiger partial charge is 0.235 e. The third-order valence-electron chi connectivity index (χ3n) is 5.29. The van der Waals surface area contributed by atoms with Gasteiger partial charge in [0.15, 0.2) is 0 Å². The molecule has 3 N–H and O–H groups in total. The highest BCUT2D eigenvalue weighted by Gasteiger charge is 2.32. The van der Waals surface area contributed by atoms with Crippen LogP contribution in [0.5, 0.6) is 0 Å². The lowest BCUT2D eigenvalue weighted by Crippen LogP contribution is -2.43. The second kappa shape index (κ2) is 8.89. The van der Waals surface area contributed by atoms with Gasteiger partial charge in [-0.05, 0) is 61.2 Å². The fourth-order valence-electron chi connectivity index (χ4n) is 5.14. The second-order valence-corrected chi connectivity index (χ2v) is 10.3. The van der Waals surface area contributed by atoms with Gasteiger partial charge in [0.2, 0.25) is 5.91 Å². The van der Waals surface area contributed by atoms with Crippen LogP contribution in [0.3, 0.4) is 0 Å². The Kier molecular flexibility index (Phi) is 8.06. The van der Waals surface area contributed by atoms with Gasteiger partial charge in [0.1, 0.15) is 5.88 Å². The lowest BCUT2D eigenvalue weighted by molar-refractivity contribution is -0.119. The van der Waals surface area contributed by atoms with Gasteiger partial charge in [-0.15, -0.1) is 11.6 Å². The van der Waals surface area contributed by atoms with Crippen LogP contribution in [0, 0.1) is 22.7 Å². The second-order valence-electron chi connectivity index (χ2n) is 9.98. The summed E-state index contributed by atoms with van der Waals surface area (Å²) in [5.41, 5.74) is 6.75. The highest BCUT2D eigenvalue weighted by molar-refractivity contribution is 6.27. The van der Waals surface area contributed by atoms with Crippen LogP contribution in [-0.4, -0.2) is 23.9 Å². The molecule has 0 aliphatic heterocycles. The van der Waals surface area contributed by atoms with Crippen molar-refractivity contribution in [3.63, 3.8) is 0 Å². The van der Waals surface area contributed by atoms with Gasteiger partial charge in [-0.25, -0.2) is 0 Å². The Morgan fingerprint density at radius 2 is 1.50 bits per heavy atom. The first-order chi connectivity index (χ1) is 10.9. The first-order valence-corrected chi connectivity index (χ1v) is 10.1. The molecule has 4 heteroatoms. The molecule has 142 valence electrons. The van der Waals surface area contributed by atoms with Crippen LogP contribution in [0.1, 0.15) is 80.1 Å². The normalized spacial score (nSPS) is 34.7. The fourth-order valence-corrected chi connectivity index (χ4v) is 5.22. The maximum atomic E-state index is 11.2. The Bertz CT molecular complexity index is 396. The Balaban J connectivity index is 0.000000254. The first kappa shape index (κ1) is 21.8. The summed E-state index contributed by atoms with van der Waals surface area (Å²) in [5, 5.41) is 2.98. The van der Waals surface area contributed by atoms with E-state index in [-0.39, 0.29) is 11.8 Å². The zero-order valence-electron chi connectivity index (χ0n) is 16.6. The number of hydrogen-bond donors (Lipinski definition) is 2. The highest BCUT2D eigenvalue weighted by atomic mass is 35.5. The number of hydrogen-bond acceptors (Lipinski definition) is 2. The van der Waals surface area contributed by atoms with E-state index >= 15 is 0 Å². The van der Waals surface area contributed by atoms with Gasteiger partial charge < -0.3 is 11.1 Å². The van der Waals surface area contributed by atoms with E-state index in [1.54, 1.807) is 0 Å². The standard InChI is InChI=1S/C11H20ClNO.C9H19N/c1-8-4-9(13-10(14)7-12)6-11(2,3)5-8;1-7-4-8(10)6-9(2,3)5-7/h8-9H,4-7H2,1-3H3,(H,13,14);7-8H,4-6,10H2,1-3H3. The molecular weight excluding hydrogens is 320 g/mol. The maximum Gasteiger partial charge on any atom is 0.235 e. The van der Waals surface area contributed by atoms with Crippen LogP contribution in [0.25, 0.3) is 0 Å². The van der Waals surface area contributed by atoms with E-state index in [0.717, 1.165) is 18.8 Å². The van der Waals surface area contributed by atoms with Gasteiger partial charge in [0.05, 0.1) is 0 Å². The molecule has 0 saturated heterocycles. The lowest BCUT2D eigenvalue weighted by Gasteiger charge is -2.39. The Morgan fingerprint density at radius 3 is 1.92 bits per heavy atom. The van der Waals surface area contributed by atoms with Crippen LogP contribution in [0.2, 0.25) is 0 Å². The van der Waals surface area contributed by atoms with Crippen molar-refractivity contribution in [2.24, 2.45) is 28.4 Å². The maximum absolute atomic E-state index is 11.2. The van der Waals surface area contributed by atoms with Crippen LogP contribution in [0.15, 0.2) is 0 Å². The van der Waals surface area contributed by atoms with E-state index in [4.69, 9.17) is 17.3 Å². The molecule has 0 aromatic rings. The van der Waals surface area contributed by atoms with E-state index in [1.807, 2.05) is 0 Å². The first-order valence-electron chi connectivity index (χ1n) is 9.53. The van der Waals surface area contributed by atoms with Crippen molar-refractivity contribution in [3.8, 4) is 0 Å². The summed E-state index contributed by atoms with van der Waals surface area (Å²) in [6.07, 6.45) is 7.19. The molecule has 4 atom stereocenters. The van der Waals surface area contributed by atoms with Gasteiger partial charge in [0.25, 0.3) is 0 Å². The monoisotopic (exact) mass is 358 g/mol. The SMILES string of the molecule is CC1CC(N)CC(C)(C)C1.CC1CC(NC(=O)CCl)CC(C)(C)C1. The Hall–Kier alpha value is -0.280. The van der Waals surface area contributed by atoms with E-state index in [2.05, 4.69) is 46.9 Å². The number of alkyl halides is 1. The minimum Gasteiger partial charge on any atom is -0.352 e. The lowest BCUT2D eigenvalue weighted by atomic mass is 9.70. The van der Waals surface area contributed by atoms with Gasteiger partial charge in [-0.2, -0.15) is 0 Å². The van der Waals surface area contributed by atoms with Crippen molar-refractivity contribution >= 4 is 17.5 Å². The third kappa shape index (κ3) is 8.20. The molecule has 0 spiro atoms. The van der Waals surface area contributed by atoms with Crippen molar-refractivity contribution in [3.05, 3.63) is 0 Å². The van der Waals surface area contributed by atoms with Gasteiger partial charge >= 0.3 is 0 Å². The fraction of sp³-hybridized carbons (Fsp3) is 0.950. The molecule has 0 bridgehead atoms. The van der Waals surface area contributed by atoms with Crippen molar-refractivity contribution < 1.29 is 4.79 Å². The zero-order chi connectivity index (χ0) is 18.5. The number of carbonyl (C=O) groups is 1. The number of halogens is 1. The Labute approximate surface area is 154 Å². The average Bonchev–Trinajstić information content (AvgIpc) is 2.33. The molecular formula is C20H39ClN2O. The summed E-state index contributed by atoms with van der Waals surface area (Å²) in [6, 6.07) is 0.777. The van der Waals surface area contributed by atoms with E-state index < -0.39 is 0 Å². The van der Waals surface area contributed by atoms with E-state index in [0.29, 0.717) is 28.8 Å². The zero-order valence-corrected chi connectivity index (χ0v) is 17.4. The predicted octanol–water partition coefficient (Wildman–Crippen LogP) is 4.72. The molecule has 24 heavy (non-hydrogen) atoms. The number of nitrogens with one attached hydrogen (secondary N) is 1. The van der Waals surface area contributed by atoms with Gasteiger partial charge in [0, 0.05) is 12.1 Å². The third-order valence-corrected chi connectivity index (χ3v) is 5.54. The predicted molar refractivity (Wildman–Crippen MR) is 104 cm³/mol. The van der Waals surface area contributed by atoms with Crippen LogP contribution >= 0.6 is 11.6 Å². The molecule has 3 nitrogen and oxygen atoms in total. The number of nitrogens with two attached hydrogens (primary N) is 1. The topological polar surface area (TPSA) is 55.1 Å². The summed E-state index contributed by atoms with van der Waals surface area (Å²) in [6.45, 7) is 13.7. The van der Waals surface area contributed by atoms with Crippen LogP contribution in [-0.2, 0) is 4.79 Å². The number of carbonyl (C=O) groups excluding carboxylic acids is 1. The van der Waals surface area contributed by atoms with Crippen molar-refractivity contribution in [2.75, 3.05) is 5.88 Å². The average molecular weight is 359 g/mol. The minimum atomic E-state index is -0.0402. The summed E-state index contributed by atoms with van der Waals surface area (Å²) in [7, 11) is 0. The van der Waals surface area contributed by atoms with E-state index in [9.17, 15) is 4.79 Å². The van der Waals surface area contributed by atoms with E-state index in [1.165, 1.54) is 25.7 Å². The molecule has 0 aromatic carbocycles. The molecule has 4 unspecified atom stereocenters. The molecule has 1 amide bonds. The summed E-state index contributed by atoms with van der Waals surface area (Å²) in [5.74, 6) is 1.56. The quantitative estimate of drug-likeness (QED) is 0.702. The van der Waals surface area contributed by atoms with Gasteiger partial charge in [-0.1, -0.05) is 41.5 Å². The molecule has 0 aromatic heterocycles. The van der Waals surface area contributed by atoms with Crippen LogP contribution < -0.4 is 11.1 Å². The summed E-state index contributed by atoms with van der Waals surface area (Å²) < 4.78 is 0. The molecule has 2 rings (SSSR count). The minimum absolute atomic E-state index is 0.0402. The number of amides is 1. The van der Waals surface area contributed by atoms with Crippen molar-refractivity contribution in [1.29, 1.82) is 0 Å². The van der Waals surface area contributed by atoms with Crippen LogP contribution in [0.4, 0.5) is 0 Å². The molecule has 2 aliphatic rings. The summed E-state index contributed by atoms with van der Waals surface area (Å²) in [4.78, 5) is 11.2.